The van der Waals surface area contributed by atoms with Crippen molar-refractivity contribution in [3.63, 3.8) is 0 Å². The van der Waals surface area contributed by atoms with Gasteiger partial charge in [-0.25, -0.2) is 4.39 Å². The van der Waals surface area contributed by atoms with E-state index in [1.165, 1.54) is 31.0 Å². The van der Waals surface area contributed by atoms with Crippen LogP contribution >= 0.6 is 11.8 Å². The van der Waals surface area contributed by atoms with Crippen LogP contribution in [0.4, 0.5) is 4.39 Å². The van der Waals surface area contributed by atoms with Gasteiger partial charge in [-0.1, -0.05) is 18.6 Å². The maximum Gasteiger partial charge on any atom is 0.137 e. The fraction of sp³-hybridized carbons (Fsp3) is 0.538. The molecule has 0 radical (unpaired) electrons. The molecule has 1 saturated heterocycles. The second-order valence-corrected chi connectivity index (χ2v) is 5.10. The largest absolute Gasteiger partial charge is 0.314 e. The molecule has 0 aliphatic carbocycles. The molecule has 1 fully saturated rings. The molecular formula is C13H18FNS. The molecule has 0 aromatic heterocycles. The average Bonchev–Trinajstić information content (AvgIpc) is 2.31. The van der Waals surface area contributed by atoms with Gasteiger partial charge in [0, 0.05) is 10.9 Å². The molecule has 1 heterocycles. The lowest BCUT2D eigenvalue weighted by molar-refractivity contribution is 0.397. The summed E-state index contributed by atoms with van der Waals surface area (Å²) in [5.41, 5.74) is 1.15. The van der Waals surface area contributed by atoms with Crippen LogP contribution < -0.4 is 5.32 Å². The maximum atomic E-state index is 13.6. The third-order valence-electron chi connectivity index (χ3n) is 3.13. The second kappa shape index (κ2) is 5.69. The Morgan fingerprint density at radius 3 is 3.00 bits per heavy atom. The summed E-state index contributed by atoms with van der Waals surface area (Å²) in [4.78, 5) is 0.815. The summed E-state index contributed by atoms with van der Waals surface area (Å²) in [7, 11) is 0. The van der Waals surface area contributed by atoms with Gasteiger partial charge in [-0.05, 0) is 43.7 Å². The van der Waals surface area contributed by atoms with E-state index in [0.717, 1.165) is 23.4 Å². The summed E-state index contributed by atoms with van der Waals surface area (Å²) in [5, 5.41) is 3.51. The van der Waals surface area contributed by atoms with Gasteiger partial charge < -0.3 is 5.32 Å². The summed E-state index contributed by atoms with van der Waals surface area (Å²) in [6.07, 6.45) is 6.67. The average molecular weight is 239 g/mol. The Balaban J connectivity index is 2.10. The van der Waals surface area contributed by atoms with Crippen LogP contribution in [0.15, 0.2) is 23.1 Å². The third kappa shape index (κ3) is 2.77. The smallest absolute Gasteiger partial charge is 0.137 e. The third-order valence-corrected chi connectivity index (χ3v) is 4.00. The molecule has 0 spiro atoms. The van der Waals surface area contributed by atoms with Crippen molar-refractivity contribution in [2.45, 2.75) is 36.6 Å². The molecular weight excluding hydrogens is 221 g/mol. The van der Waals surface area contributed by atoms with E-state index in [4.69, 9.17) is 0 Å². The Kier molecular flexibility index (Phi) is 4.24. The highest BCUT2D eigenvalue weighted by Crippen LogP contribution is 2.26. The van der Waals surface area contributed by atoms with Crippen molar-refractivity contribution in [3.8, 4) is 0 Å². The number of hydrogen-bond donors (Lipinski definition) is 1. The highest BCUT2D eigenvalue weighted by Gasteiger charge is 2.15. The summed E-state index contributed by atoms with van der Waals surface area (Å²) in [5.74, 6) is -0.0826. The molecule has 1 aromatic carbocycles. The van der Waals surface area contributed by atoms with Gasteiger partial charge in [-0.2, -0.15) is 0 Å². The van der Waals surface area contributed by atoms with Crippen molar-refractivity contribution in [2.24, 2.45) is 0 Å². The van der Waals surface area contributed by atoms with Crippen LogP contribution in [0.2, 0.25) is 0 Å². The van der Waals surface area contributed by atoms with E-state index >= 15 is 0 Å². The van der Waals surface area contributed by atoms with Crippen LogP contribution in [-0.4, -0.2) is 18.8 Å². The fourth-order valence-corrected chi connectivity index (χ4v) is 2.98. The molecule has 1 aliphatic heterocycles. The molecule has 0 amide bonds. The zero-order valence-electron chi connectivity index (χ0n) is 9.63. The number of nitrogens with one attached hydrogen (secondary N) is 1. The van der Waals surface area contributed by atoms with Crippen molar-refractivity contribution in [2.75, 3.05) is 12.8 Å². The number of piperidine rings is 1. The Morgan fingerprint density at radius 2 is 2.31 bits per heavy atom. The molecule has 1 atom stereocenters. The Bertz CT molecular complexity index is 348. The summed E-state index contributed by atoms with van der Waals surface area (Å²) < 4.78 is 13.6. The zero-order valence-corrected chi connectivity index (χ0v) is 10.4. The van der Waals surface area contributed by atoms with E-state index in [1.807, 2.05) is 18.4 Å². The van der Waals surface area contributed by atoms with Gasteiger partial charge in [0.25, 0.3) is 0 Å². The summed E-state index contributed by atoms with van der Waals surface area (Å²) in [6.45, 7) is 1.11. The minimum atomic E-state index is -0.0826. The van der Waals surface area contributed by atoms with Gasteiger partial charge in [-0.3, -0.25) is 0 Å². The minimum absolute atomic E-state index is 0.0826. The Morgan fingerprint density at radius 1 is 1.44 bits per heavy atom. The van der Waals surface area contributed by atoms with Gasteiger partial charge in [0.15, 0.2) is 0 Å². The lowest BCUT2D eigenvalue weighted by Gasteiger charge is -2.24. The Hall–Kier alpha value is -0.540. The lowest BCUT2D eigenvalue weighted by Crippen LogP contribution is -2.35. The van der Waals surface area contributed by atoms with Crippen LogP contribution in [0.3, 0.4) is 0 Å². The highest BCUT2D eigenvalue weighted by atomic mass is 32.2. The van der Waals surface area contributed by atoms with Gasteiger partial charge in [-0.15, -0.1) is 11.8 Å². The molecule has 3 heteroatoms. The quantitative estimate of drug-likeness (QED) is 0.813. The van der Waals surface area contributed by atoms with Crippen molar-refractivity contribution in [1.29, 1.82) is 0 Å². The molecule has 1 nitrogen and oxygen atoms in total. The van der Waals surface area contributed by atoms with Crippen LogP contribution in [0.5, 0.6) is 0 Å². The van der Waals surface area contributed by atoms with Crippen LogP contribution in [0.25, 0.3) is 0 Å². The number of benzene rings is 1. The normalized spacial score (nSPS) is 21.0. The second-order valence-electron chi connectivity index (χ2n) is 4.28. The van der Waals surface area contributed by atoms with Crippen molar-refractivity contribution in [1.82, 2.24) is 5.32 Å². The fourth-order valence-electron chi connectivity index (χ4n) is 2.31. The SMILES string of the molecule is CSc1c(F)cccc1CC1CCCCN1. The van der Waals surface area contributed by atoms with E-state index in [0.29, 0.717) is 6.04 Å². The van der Waals surface area contributed by atoms with Gasteiger partial charge in [0.2, 0.25) is 0 Å². The first kappa shape index (κ1) is 11.9. The molecule has 2 rings (SSSR count). The number of thioether (sulfide) groups is 1. The molecule has 1 aromatic rings. The van der Waals surface area contributed by atoms with Crippen molar-refractivity contribution < 1.29 is 4.39 Å². The molecule has 1 N–H and O–H groups in total. The predicted octanol–water partition coefficient (Wildman–Crippen LogP) is 3.23. The predicted molar refractivity (Wildman–Crippen MR) is 67.5 cm³/mol. The van der Waals surface area contributed by atoms with Crippen LogP contribution in [-0.2, 0) is 6.42 Å². The first-order chi connectivity index (χ1) is 7.81. The van der Waals surface area contributed by atoms with Gasteiger partial charge in [0.05, 0.1) is 0 Å². The van der Waals surface area contributed by atoms with Gasteiger partial charge >= 0.3 is 0 Å². The molecule has 1 aliphatic rings. The lowest BCUT2D eigenvalue weighted by atomic mass is 9.98. The monoisotopic (exact) mass is 239 g/mol. The number of hydrogen-bond acceptors (Lipinski definition) is 2. The van der Waals surface area contributed by atoms with E-state index in [9.17, 15) is 4.39 Å². The number of halogens is 1. The Labute approximate surface area is 101 Å². The zero-order chi connectivity index (χ0) is 11.4. The topological polar surface area (TPSA) is 12.0 Å². The highest BCUT2D eigenvalue weighted by molar-refractivity contribution is 7.98. The van der Waals surface area contributed by atoms with Gasteiger partial charge in [0.1, 0.15) is 5.82 Å². The van der Waals surface area contributed by atoms with Crippen LogP contribution in [0, 0.1) is 5.82 Å². The van der Waals surface area contributed by atoms with E-state index in [-0.39, 0.29) is 5.82 Å². The summed E-state index contributed by atoms with van der Waals surface area (Å²) in [6, 6.07) is 5.93. The van der Waals surface area contributed by atoms with Crippen molar-refractivity contribution in [3.05, 3.63) is 29.6 Å². The molecule has 16 heavy (non-hydrogen) atoms. The molecule has 88 valence electrons. The first-order valence-electron chi connectivity index (χ1n) is 5.86. The molecule has 0 bridgehead atoms. The first-order valence-corrected chi connectivity index (χ1v) is 7.08. The standard InChI is InChI=1S/C13H18FNS/c1-16-13-10(5-4-7-12(13)14)9-11-6-2-3-8-15-11/h4-5,7,11,15H,2-3,6,8-9H2,1H3. The van der Waals surface area contributed by atoms with E-state index in [1.54, 1.807) is 6.07 Å². The molecule has 1 unspecified atom stereocenters. The van der Waals surface area contributed by atoms with Crippen molar-refractivity contribution >= 4 is 11.8 Å². The molecule has 0 saturated carbocycles. The maximum absolute atomic E-state index is 13.6. The number of rotatable bonds is 3. The van der Waals surface area contributed by atoms with E-state index < -0.39 is 0 Å². The van der Waals surface area contributed by atoms with E-state index in [2.05, 4.69) is 5.32 Å². The summed E-state index contributed by atoms with van der Waals surface area (Å²) >= 11 is 1.51. The van der Waals surface area contributed by atoms with Crippen LogP contribution in [0.1, 0.15) is 24.8 Å². The minimum Gasteiger partial charge on any atom is -0.314 e.